The Morgan fingerprint density at radius 2 is 1.29 bits per heavy atom. The van der Waals surface area contributed by atoms with Crippen LogP contribution in [0.3, 0.4) is 0 Å². The first kappa shape index (κ1) is 20.5. The molecule has 6 heteroatoms. The van der Waals surface area contributed by atoms with Gasteiger partial charge in [-0.25, -0.2) is 0 Å². The minimum atomic E-state index is -5.45. The van der Waals surface area contributed by atoms with Crippen molar-refractivity contribution in [3.05, 3.63) is 67.8 Å². The molecule has 2 aromatic carbocycles. The van der Waals surface area contributed by atoms with Crippen LogP contribution >= 0.6 is 18.4 Å². The third-order valence-electron chi connectivity index (χ3n) is 6.21. The molecule has 0 spiro atoms. The van der Waals surface area contributed by atoms with E-state index in [1.54, 1.807) is 24.3 Å². The van der Waals surface area contributed by atoms with Gasteiger partial charge in [0.1, 0.15) is 0 Å². The fourth-order valence-electron chi connectivity index (χ4n) is 5.00. The van der Waals surface area contributed by atoms with Gasteiger partial charge < -0.3 is 0 Å². The van der Waals surface area contributed by atoms with Gasteiger partial charge in [-0.2, -0.15) is 0 Å². The van der Waals surface area contributed by atoms with Crippen molar-refractivity contribution in [3.63, 3.8) is 0 Å². The summed E-state index contributed by atoms with van der Waals surface area (Å²) in [6.07, 6.45) is 3.75. The molecule has 0 aromatic heterocycles. The van der Waals surface area contributed by atoms with Gasteiger partial charge in [0.05, 0.1) is 0 Å². The van der Waals surface area contributed by atoms with E-state index in [9.17, 15) is 18.4 Å². The van der Waals surface area contributed by atoms with E-state index >= 15 is 0 Å². The van der Waals surface area contributed by atoms with Crippen LogP contribution in [0.25, 0.3) is 0 Å². The molecule has 2 aliphatic rings. The first-order valence-electron chi connectivity index (χ1n) is 9.98. The third kappa shape index (κ3) is 3.69. The average molecular weight is 514 g/mol. The van der Waals surface area contributed by atoms with E-state index in [1.807, 2.05) is 36.4 Å². The molecule has 2 fully saturated rings. The Labute approximate surface area is 172 Å². The molecule has 2 aliphatic carbocycles. The van der Waals surface area contributed by atoms with E-state index in [0.717, 1.165) is 25.7 Å². The maximum absolute atomic E-state index is 14.1. The Balaban J connectivity index is 1.83. The van der Waals surface area contributed by atoms with Crippen LogP contribution in [0.1, 0.15) is 38.5 Å². The number of halogens is 1. The van der Waals surface area contributed by atoms with E-state index in [0.29, 0.717) is 20.0 Å². The monoisotopic (exact) mass is 514 g/mol. The molecule has 0 saturated heterocycles. The van der Waals surface area contributed by atoms with Gasteiger partial charge >= 0.3 is 173 Å². The summed E-state index contributed by atoms with van der Waals surface area (Å²) in [5.74, 6) is -0.261. The van der Waals surface area contributed by atoms with Crippen LogP contribution < -0.4 is 0 Å². The molecular formula is C22H27IO4S-2. The van der Waals surface area contributed by atoms with Gasteiger partial charge in [0.15, 0.2) is 0 Å². The second-order valence-corrected chi connectivity index (χ2v) is 20.8. The fraction of sp³-hybridized carbons (Fsp3) is 0.455. The first-order valence-corrected chi connectivity index (χ1v) is 16.6. The Hall–Kier alpha value is -0.800. The molecule has 0 heterocycles. The molecule has 0 aliphatic heterocycles. The number of rotatable bonds is 4. The Bertz CT molecular complexity index is 827. The van der Waals surface area contributed by atoms with Crippen molar-refractivity contribution in [1.29, 1.82) is 0 Å². The van der Waals surface area contributed by atoms with Crippen LogP contribution in [-0.2, 0) is 6.80 Å². The molecule has 4 rings (SSSR count). The van der Waals surface area contributed by atoms with Gasteiger partial charge in [-0.05, 0) is 0 Å². The van der Waals surface area contributed by atoms with Crippen LogP contribution in [0.15, 0.2) is 60.7 Å². The number of hydrogen-bond donors (Lipinski definition) is 1. The number of aliphatic hydroxyl groups excluding tert-OH is 1. The van der Waals surface area contributed by atoms with Crippen LogP contribution in [0.5, 0.6) is 0 Å². The van der Waals surface area contributed by atoms with Crippen molar-refractivity contribution in [2.75, 3.05) is 0 Å². The van der Waals surface area contributed by atoms with Crippen LogP contribution in [0.2, 0.25) is 0 Å². The minimum absolute atomic E-state index is 0.0517. The second-order valence-electron chi connectivity index (χ2n) is 7.91. The summed E-state index contributed by atoms with van der Waals surface area (Å²) in [4.78, 5) is 0. The zero-order valence-electron chi connectivity index (χ0n) is 15.8. The topological polar surface area (TPSA) is 83.4 Å². The van der Waals surface area contributed by atoms with E-state index in [1.165, 1.54) is 0 Å². The third-order valence-corrected chi connectivity index (χ3v) is 21.1. The Morgan fingerprint density at radius 1 is 0.786 bits per heavy atom. The number of benzene rings is 2. The molecule has 2 aromatic rings. The summed E-state index contributed by atoms with van der Waals surface area (Å²) in [5.41, 5.74) is 0. The van der Waals surface area contributed by atoms with Crippen LogP contribution in [0, 0.1) is 19.0 Å². The molecule has 0 radical (unpaired) electrons. The predicted molar refractivity (Wildman–Crippen MR) is 118 cm³/mol. The Kier molecular flexibility index (Phi) is 5.70. The van der Waals surface area contributed by atoms with Gasteiger partial charge in [-0.15, -0.1) is 0 Å². The molecule has 154 valence electrons. The number of hydrogen-bond acceptors (Lipinski definition) is 4. The molecule has 2 saturated carbocycles. The summed E-state index contributed by atoms with van der Waals surface area (Å²) in [6.45, 7) is -5.45. The van der Waals surface area contributed by atoms with Gasteiger partial charge in [-0.3, -0.25) is 0 Å². The quantitative estimate of drug-likeness (QED) is 0.479. The first-order chi connectivity index (χ1) is 13.4. The summed E-state index contributed by atoms with van der Waals surface area (Å²) in [7, 11) is 0. The normalized spacial score (nSPS) is 30.0. The molecule has 4 nitrogen and oxygen atoms in total. The molecular weight excluding hydrogens is 487 g/mol. The molecule has 0 bridgehead atoms. The van der Waals surface area contributed by atoms with Crippen LogP contribution in [0.4, 0.5) is 0 Å². The molecule has 0 amide bonds. The van der Waals surface area contributed by atoms with Crippen molar-refractivity contribution in [2.24, 2.45) is 11.8 Å². The number of fused-ring (bicyclic) bond motifs is 1. The zero-order valence-corrected chi connectivity index (χ0v) is 18.8. The Morgan fingerprint density at radius 3 is 1.86 bits per heavy atom. The van der Waals surface area contributed by atoms with Crippen molar-refractivity contribution in [2.45, 2.75) is 49.9 Å². The van der Waals surface area contributed by atoms with Gasteiger partial charge in [0, 0.05) is 0 Å². The van der Waals surface area contributed by atoms with Crippen molar-refractivity contribution in [3.8, 4) is 0 Å². The maximum atomic E-state index is 14.1. The van der Waals surface area contributed by atoms with Crippen molar-refractivity contribution in [1.82, 2.24) is 0 Å². The average Bonchev–Trinajstić information content (AvgIpc) is 2.69. The molecule has 1 N–H and O–H groups in total. The van der Waals surface area contributed by atoms with Crippen molar-refractivity contribution < 1.29 is 18.4 Å². The summed E-state index contributed by atoms with van der Waals surface area (Å²) in [5, 5.41) is 9.58. The van der Waals surface area contributed by atoms with Crippen LogP contribution in [-0.4, -0.2) is 29.8 Å². The van der Waals surface area contributed by atoms with Gasteiger partial charge in [0.25, 0.3) is 0 Å². The van der Waals surface area contributed by atoms with Gasteiger partial charge in [0.2, 0.25) is 0 Å². The fourth-order valence-corrected chi connectivity index (χ4v) is 20.9. The van der Waals surface area contributed by atoms with E-state index in [2.05, 4.69) is 0 Å². The molecule has 4 atom stereocenters. The standard InChI is InChI=1S/C22H29IO4S/c24-21-15-7-14-20-19(21)13-8-16-22(20)28(25,26,27)23(17-9-3-1-4-10-17)18-11-5-2-6-12-18/h1-6,9-12,19-22,24H,7-8,13-16H2,(H2,25,26,27)/p-2. The van der Waals surface area contributed by atoms with E-state index in [-0.39, 0.29) is 11.8 Å². The summed E-state index contributed by atoms with van der Waals surface area (Å²) in [6, 6.07) is 18.2. The second kappa shape index (κ2) is 7.80. The summed E-state index contributed by atoms with van der Waals surface area (Å²) >= 11 is -3.31. The number of aliphatic hydroxyl groups is 1. The molecule has 4 unspecified atom stereocenters. The van der Waals surface area contributed by atoms with E-state index in [4.69, 9.17) is 0 Å². The van der Waals surface area contributed by atoms with Gasteiger partial charge in [-0.1, -0.05) is 0 Å². The zero-order chi connectivity index (χ0) is 19.8. The SMILES string of the molecule is O=S([O-])([O-])(C1CCCC2C(O)CCCC21)I(c1ccccc1)c1ccccc1. The summed E-state index contributed by atoms with van der Waals surface area (Å²) < 4.78 is 43.6. The van der Waals surface area contributed by atoms with Crippen molar-refractivity contribution >= 4 is 25.2 Å². The van der Waals surface area contributed by atoms with E-state index < -0.39 is 36.6 Å². The predicted octanol–water partition coefficient (Wildman–Crippen LogP) is 4.56. The molecule has 28 heavy (non-hydrogen) atoms.